The van der Waals surface area contributed by atoms with Gasteiger partial charge in [-0.15, -0.1) is 0 Å². The summed E-state index contributed by atoms with van der Waals surface area (Å²) in [6.07, 6.45) is 3.12. The van der Waals surface area contributed by atoms with Gasteiger partial charge in [0, 0.05) is 12.4 Å². The molecule has 1 aromatic heterocycles. The minimum atomic E-state index is -1.07. The lowest BCUT2D eigenvalue weighted by molar-refractivity contribution is -0.142. The molecule has 0 fully saturated rings. The van der Waals surface area contributed by atoms with Gasteiger partial charge in [-0.1, -0.05) is 30.3 Å². The van der Waals surface area contributed by atoms with Gasteiger partial charge in [0.25, 0.3) is 0 Å². The first-order valence-corrected chi connectivity index (χ1v) is 5.82. The molecule has 5 heteroatoms. The Morgan fingerprint density at radius 1 is 1.16 bits per heavy atom. The molecule has 2 aromatic rings. The van der Waals surface area contributed by atoms with Crippen LogP contribution in [0.2, 0.25) is 0 Å². The molecule has 0 radical (unpaired) electrons. The molecule has 0 spiro atoms. The van der Waals surface area contributed by atoms with Crippen molar-refractivity contribution in [2.75, 3.05) is 0 Å². The van der Waals surface area contributed by atoms with Gasteiger partial charge in [-0.2, -0.15) is 0 Å². The van der Waals surface area contributed by atoms with Crippen LogP contribution >= 0.6 is 0 Å². The predicted molar refractivity (Wildman–Crippen MR) is 70.4 cm³/mol. The number of nitrogens with two attached hydrogens (primary N) is 1. The van der Waals surface area contributed by atoms with Crippen molar-refractivity contribution in [3.05, 3.63) is 48.8 Å². The van der Waals surface area contributed by atoms with Crippen LogP contribution < -0.4 is 5.73 Å². The number of aromatic nitrogens is 1. The molecule has 0 unspecified atom stereocenters. The Morgan fingerprint density at radius 3 is 2.42 bits per heavy atom. The summed E-state index contributed by atoms with van der Waals surface area (Å²) in [6, 6.07) is 10.4. The van der Waals surface area contributed by atoms with E-state index in [9.17, 15) is 9.59 Å². The van der Waals surface area contributed by atoms with Crippen molar-refractivity contribution in [2.45, 2.75) is 12.5 Å². The highest BCUT2D eigenvalue weighted by molar-refractivity contribution is 5.82. The quantitative estimate of drug-likeness (QED) is 0.855. The number of benzene rings is 1. The van der Waals surface area contributed by atoms with E-state index in [0.717, 1.165) is 11.1 Å². The molecule has 2 rings (SSSR count). The highest BCUT2D eigenvalue weighted by Crippen LogP contribution is 2.22. The van der Waals surface area contributed by atoms with Gasteiger partial charge in [-0.25, -0.2) is 4.79 Å². The molecule has 1 amide bonds. The summed E-state index contributed by atoms with van der Waals surface area (Å²) < 4.78 is 1.50. The van der Waals surface area contributed by atoms with Gasteiger partial charge in [0.1, 0.15) is 6.04 Å². The fourth-order valence-corrected chi connectivity index (χ4v) is 1.92. The largest absolute Gasteiger partial charge is 0.480 e. The smallest absolute Gasteiger partial charge is 0.327 e. The second kappa shape index (κ2) is 5.39. The molecule has 1 aromatic carbocycles. The standard InChI is InChI=1S/C14H14N2O3/c15-13(17)8-12(14(18)19)16-7-6-11(9-16)10-4-2-1-3-5-10/h1-7,9,12H,8H2,(H2,15,17)(H,18,19)/t12-/m1/s1. The summed E-state index contributed by atoms with van der Waals surface area (Å²) in [5.41, 5.74) is 6.96. The SMILES string of the molecule is NC(=O)C[C@H](C(=O)O)n1ccc(-c2ccccc2)c1. The summed E-state index contributed by atoms with van der Waals surface area (Å²) in [5, 5.41) is 9.13. The van der Waals surface area contributed by atoms with Gasteiger partial charge >= 0.3 is 5.97 Å². The van der Waals surface area contributed by atoms with Crippen molar-refractivity contribution in [1.82, 2.24) is 4.57 Å². The van der Waals surface area contributed by atoms with E-state index in [0.29, 0.717) is 0 Å². The molecule has 3 N–H and O–H groups in total. The third-order valence-electron chi connectivity index (χ3n) is 2.86. The molecule has 98 valence electrons. The van der Waals surface area contributed by atoms with Crippen LogP contribution in [-0.2, 0) is 9.59 Å². The fourth-order valence-electron chi connectivity index (χ4n) is 1.92. The van der Waals surface area contributed by atoms with Gasteiger partial charge in [0.2, 0.25) is 5.91 Å². The topological polar surface area (TPSA) is 85.3 Å². The van der Waals surface area contributed by atoms with Crippen molar-refractivity contribution >= 4 is 11.9 Å². The number of rotatable bonds is 5. The van der Waals surface area contributed by atoms with Crippen LogP contribution in [0.5, 0.6) is 0 Å². The zero-order chi connectivity index (χ0) is 13.8. The van der Waals surface area contributed by atoms with Gasteiger partial charge in [0.05, 0.1) is 6.42 Å². The first kappa shape index (κ1) is 12.9. The zero-order valence-corrected chi connectivity index (χ0v) is 10.2. The monoisotopic (exact) mass is 258 g/mol. The van der Waals surface area contributed by atoms with E-state index in [-0.39, 0.29) is 6.42 Å². The fraction of sp³-hybridized carbons (Fsp3) is 0.143. The van der Waals surface area contributed by atoms with Crippen LogP contribution in [0.3, 0.4) is 0 Å². The number of nitrogens with zero attached hydrogens (tertiary/aromatic N) is 1. The lowest BCUT2D eigenvalue weighted by Crippen LogP contribution is -2.24. The molecule has 0 aliphatic rings. The summed E-state index contributed by atoms with van der Waals surface area (Å²) in [6.45, 7) is 0. The summed E-state index contributed by atoms with van der Waals surface area (Å²) in [5.74, 6) is -1.71. The number of carboxylic acid groups (broad SMARTS) is 1. The van der Waals surface area contributed by atoms with Crippen molar-refractivity contribution < 1.29 is 14.7 Å². The van der Waals surface area contributed by atoms with Crippen LogP contribution in [0.4, 0.5) is 0 Å². The molecule has 0 saturated heterocycles. The average molecular weight is 258 g/mol. The maximum Gasteiger partial charge on any atom is 0.327 e. The van der Waals surface area contributed by atoms with Crippen LogP contribution in [0, 0.1) is 0 Å². The predicted octanol–water partition coefficient (Wildman–Crippen LogP) is 1.66. The Balaban J connectivity index is 2.29. The van der Waals surface area contributed by atoms with Gasteiger partial charge in [-0.05, 0) is 17.2 Å². The summed E-state index contributed by atoms with van der Waals surface area (Å²) in [4.78, 5) is 22.1. The van der Waals surface area contributed by atoms with E-state index in [1.54, 1.807) is 12.4 Å². The van der Waals surface area contributed by atoms with Crippen molar-refractivity contribution in [3.63, 3.8) is 0 Å². The maximum atomic E-state index is 11.2. The lowest BCUT2D eigenvalue weighted by atomic mass is 10.1. The van der Waals surface area contributed by atoms with Crippen LogP contribution in [-0.4, -0.2) is 21.6 Å². The molecule has 5 nitrogen and oxygen atoms in total. The number of hydrogen-bond acceptors (Lipinski definition) is 2. The minimum absolute atomic E-state index is 0.224. The first-order chi connectivity index (χ1) is 9.08. The van der Waals surface area contributed by atoms with Gasteiger partial charge in [0.15, 0.2) is 0 Å². The van der Waals surface area contributed by atoms with Crippen molar-refractivity contribution in [2.24, 2.45) is 5.73 Å². The van der Waals surface area contributed by atoms with Crippen LogP contribution in [0.15, 0.2) is 48.8 Å². The highest BCUT2D eigenvalue weighted by atomic mass is 16.4. The number of carbonyl (C=O) groups is 2. The second-order valence-corrected chi connectivity index (χ2v) is 4.24. The third kappa shape index (κ3) is 3.01. The Labute approximate surface area is 110 Å². The molecule has 19 heavy (non-hydrogen) atoms. The normalized spacial score (nSPS) is 12.0. The van der Waals surface area contributed by atoms with E-state index in [1.165, 1.54) is 4.57 Å². The molecular weight excluding hydrogens is 244 g/mol. The Hall–Kier alpha value is -2.56. The summed E-state index contributed by atoms with van der Waals surface area (Å²) >= 11 is 0. The minimum Gasteiger partial charge on any atom is -0.480 e. The lowest BCUT2D eigenvalue weighted by Gasteiger charge is -2.12. The van der Waals surface area contributed by atoms with E-state index in [1.807, 2.05) is 36.4 Å². The molecule has 1 heterocycles. The molecule has 0 saturated carbocycles. The van der Waals surface area contributed by atoms with E-state index < -0.39 is 17.9 Å². The zero-order valence-electron chi connectivity index (χ0n) is 10.2. The maximum absolute atomic E-state index is 11.2. The van der Waals surface area contributed by atoms with E-state index in [2.05, 4.69) is 0 Å². The number of amides is 1. The highest BCUT2D eigenvalue weighted by Gasteiger charge is 2.21. The van der Waals surface area contributed by atoms with Crippen molar-refractivity contribution in [3.8, 4) is 11.1 Å². The number of carbonyl (C=O) groups excluding carboxylic acids is 1. The molecule has 0 aliphatic heterocycles. The Bertz CT molecular complexity index is 590. The average Bonchev–Trinajstić information content (AvgIpc) is 2.86. The van der Waals surface area contributed by atoms with Crippen LogP contribution in [0.25, 0.3) is 11.1 Å². The second-order valence-electron chi connectivity index (χ2n) is 4.24. The van der Waals surface area contributed by atoms with Gasteiger partial charge in [-0.3, -0.25) is 4.79 Å². The number of hydrogen-bond donors (Lipinski definition) is 2. The summed E-state index contributed by atoms with van der Waals surface area (Å²) in [7, 11) is 0. The molecule has 0 bridgehead atoms. The van der Waals surface area contributed by atoms with E-state index >= 15 is 0 Å². The Kier molecular flexibility index (Phi) is 3.66. The van der Waals surface area contributed by atoms with Gasteiger partial charge < -0.3 is 15.4 Å². The van der Waals surface area contributed by atoms with Crippen LogP contribution in [0.1, 0.15) is 12.5 Å². The van der Waals surface area contributed by atoms with E-state index in [4.69, 9.17) is 10.8 Å². The molecular formula is C14H14N2O3. The number of carboxylic acids is 1. The Morgan fingerprint density at radius 2 is 1.84 bits per heavy atom. The van der Waals surface area contributed by atoms with Crippen molar-refractivity contribution in [1.29, 1.82) is 0 Å². The number of primary amides is 1. The molecule has 1 atom stereocenters. The third-order valence-corrected chi connectivity index (χ3v) is 2.86. The number of aliphatic carboxylic acids is 1. The molecule has 0 aliphatic carbocycles. The first-order valence-electron chi connectivity index (χ1n) is 5.82.